The number of fused-ring (bicyclic) bond motifs is 1. The molecule has 1 N–H and O–H groups in total. The second kappa shape index (κ2) is 5.65. The van der Waals surface area contributed by atoms with E-state index in [2.05, 4.69) is 18.2 Å². The summed E-state index contributed by atoms with van der Waals surface area (Å²) in [5, 5.41) is 10.6. The highest BCUT2D eigenvalue weighted by Crippen LogP contribution is 2.36. The van der Waals surface area contributed by atoms with Crippen LogP contribution >= 0.6 is 0 Å². The lowest BCUT2D eigenvalue weighted by molar-refractivity contribution is 0.475. The Morgan fingerprint density at radius 1 is 0.739 bits per heavy atom. The molecular weight excluding hydrogens is 284 g/mol. The largest absolute Gasteiger partial charge is 0.508 e. The van der Waals surface area contributed by atoms with Crippen LogP contribution in [0.5, 0.6) is 5.75 Å². The van der Waals surface area contributed by atoms with Crippen molar-refractivity contribution in [3.8, 4) is 16.9 Å². The lowest BCUT2D eigenvalue weighted by Gasteiger charge is -2.04. The third-order valence-corrected chi connectivity index (χ3v) is 4.03. The van der Waals surface area contributed by atoms with E-state index in [0.29, 0.717) is 0 Å². The van der Waals surface area contributed by atoms with Crippen molar-refractivity contribution >= 4 is 11.0 Å². The molecule has 4 aromatic rings. The maximum atomic E-state index is 9.55. The predicted octanol–water partition coefficient (Wildman–Crippen LogP) is 5.40. The summed E-state index contributed by atoms with van der Waals surface area (Å²) in [6, 6.07) is 25.7. The topological polar surface area (TPSA) is 33.4 Å². The van der Waals surface area contributed by atoms with E-state index < -0.39 is 0 Å². The Bertz CT molecular complexity index is 935. The number of para-hydroxylation sites is 1. The molecule has 0 atom stereocenters. The summed E-state index contributed by atoms with van der Waals surface area (Å²) in [5.74, 6) is 1.22. The number of hydrogen-bond donors (Lipinski definition) is 1. The van der Waals surface area contributed by atoms with Crippen molar-refractivity contribution in [2.24, 2.45) is 0 Å². The van der Waals surface area contributed by atoms with Gasteiger partial charge in [0.1, 0.15) is 17.1 Å². The molecule has 3 aromatic carbocycles. The molecule has 0 spiro atoms. The second-order valence-corrected chi connectivity index (χ2v) is 5.61. The summed E-state index contributed by atoms with van der Waals surface area (Å²) < 4.78 is 6.13. The zero-order valence-electron chi connectivity index (χ0n) is 12.6. The summed E-state index contributed by atoms with van der Waals surface area (Å²) in [7, 11) is 0. The average Bonchev–Trinajstić information content (AvgIpc) is 2.94. The Balaban J connectivity index is 1.89. The monoisotopic (exact) mass is 300 g/mol. The molecule has 0 amide bonds. The average molecular weight is 300 g/mol. The Labute approximate surface area is 134 Å². The number of phenols is 1. The fraction of sp³-hybridized carbons (Fsp3) is 0.0476. The first-order chi connectivity index (χ1) is 11.3. The lowest BCUT2D eigenvalue weighted by atomic mass is 9.98. The Morgan fingerprint density at radius 3 is 2.22 bits per heavy atom. The maximum absolute atomic E-state index is 9.55. The van der Waals surface area contributed by atoms with E-state index in [9.17, 15) is 5.11 Å². The van der Waals surface area contributed by atoms with Gasteiger partial charge in [-0.2, -0.15) is 0 Å². The van der Waals surface area contributed by atoms with Crippen molar-refractivity contribution < 1.29 is 9.52 Å². The molecule has 0 fully saturated rings. The number of aromatic hydroxyl groups is 1. The highest BCUT2D eigenvalue weighted by Gasteiger charge is 2.16. The van der Waals surface area contributed by atoms with Gasteiger partial charge < -0.3 is 9.52 Å². The number of phenolic OH excluding ortho intramolecular Hbond substituents is 1. The van der Waals surface area contributed by atoms with Gasteiger partial charge in [0.05, 0.1) is 0 Å². The van der Waals surface area contributed by atoms with Gasteiger partial charge in [0.15, 0.2) is 0 Å². The number of rotatable bonds is 3. The van der Waals surface area contributed by atoms with Crippen LogP contribution in [0.4, 0.5) is 0 Å². The molecule has 0 saturated heterocycles. The van der Waals surface area contributed by atoms with E-state index >= 15 is 0 Å². The predicted molar refractivity (Wildman–Crippen MR) is 92.6 cm³/mol. The van der Waals surface area contributed by atoms with Crippen molar-refractivity contribution in [2.45, 2.75) is 6.42 Å². The van der Waals surface area contributed by atoms with E-state index in [4.69, 9.17) is 4.42 Å². The SMILES string of the molecule is Oc1ccc(-c2c(Cc3ccccc3)oc3ccccc23)cc1. The number of hydrogen-bond acceptors (Lipinski definition) is 2. The van der Waals surface area contributed by atoms with Gasteiger partial charge in [-0.25, -0.2) is 0 Å². The van der Waals surface area contributed by atoms with E-state index in [1.807, 2.05) is 48.5 Å². The van der Waals surface area contributed by atoms with Gasteiger partial charge >= 0.3 is 0 Å². The molecule has 0 radical (unpaired) electrons. The van der Waals surface area contributed by atoms with Crippen LogP contribution in [0, 0.1) is 0 Å². The Morgan fingerprint density at radius 2 is 1.43 bits per heavy atom. The molecule has 0 bridgehead atoms. The number of benzene rings is 3. The minimum absolute atomic E-state index is 0.270. The molecule has 23 heavy (non-hydrogen) atoms. The zero-order chi connectivity index (χ0) is 15.6. The van der Waals surface area contributed by atoms with Crippen molar-refractivity contribution in [3.63, 3.8) is 0 Å². The molecule has 112 valence electrons. The smallest absolute Gasteiger partial charge is 0.134 e. The van der Waals surface area contributed by atoms with E-state index in [-0.39, 0.29) is 5.75 Å². The van der Waals surface area contributed by atoms with Crippen molar-refractivity contribution in [3.05, 3.63) is 90.2 Å². The Kier molecular flexibility index (Phi) is 3.35. The van der Waals surface area contributed by atoms with Crippen LogP contribution in [0.3, 0.4) is 0 Å². The standard InChI is InChI=1S/C21H16O2/c22-17-12-10-16(11-13-17)21-18-8-4-5-9-19(18)23-20(21)14-15-6-2-1-3-7-15/h1-13,22H,14H2. The summed E-state index contributed by atoms with van der Waals surface area (Å²) in [5.41, 5.74) is 4.26. The van der Waals surface area contributed by atoms with E-state index in [1.54, 1.807) is 12.1 Å². The molecule has 1 aromatic heterocycles. The Hall–Kier alpha value is -3.00. The fourth-order valence-corrected chi connectivity index (χ4v) is 2.95. The van der Waals surface area contributed by atoms with Gasteiger partial charge in [0.2, 0.25) is 0 Å². The van der Waals surface area contributed by atoms with E-state index in [0.717, 1.165) is 34.3 Å². The van der Waals surface area contributed by atoms with Gasteiger partial charge in [0.25, 0.3) is 0 Å². The first-order valence-electron chi connectivity index (χ1n) is 7.65. The van der Waals surface area contributed by atoms with Crippen molar-refractivity contribution in [1.82, 2.24) is 0 Å². The summed E-state index contributed by atoms with van der Waals surface area (Å²) in [6.07, 6.45) is 0.742. The second-order valence-electron chi connectivity index (χ2n) is 5.61. The minimum Gasteiger partial charge on any atom is -0.508 e. The van der Waals surface area contributed by atoms with Crippen LogP contribution in [0.1, 0.15) is 11.3 Å². The molecule has 0 aliphatic carbocycles. The highest BCUT2D eigenvalue weighted by atomic mass is 16.3. The lowest BCUT2D eigenvalue weighted by Crippen LogP contribution is -1.88. The fourth-order valence-electron chi connectivity index (χ4n) is 2.95. The molecule has 1 heterocycles. The van der Waals surface area contributed by atoms with Gasteiger partial charge in [0, 0.05) is 17.4 Å². The van der Waals surface area contributed by atoms with Crippen LogP contribution in [0.2, 0.25) is 0 Å². The normalized spacial score (nSPS) is 11.0. The van der Waals surface area contributed by atoms with Crippen molar-refractivity contribution in [1.29, 1.82) is 0 Å². The summed E-state index contributed by atoms with van der Waals surface area (Å²) in [4.78, 5) is 0. The third kappa shape index (κ3) is 2.59. The zero-order valence-corrected chi connectivity index (χ0v) is 12.6. The van der Waals surface area contributed by atoms with Crippen molar-refractivity contribution in [2.75, 3.05) is 0 Å². The van der Waals surface area contributed by atoms with Gasteiger partial charge in [-0.05, 0) is 29.3 Å². The molecule has 0 unspecified atom stereocenters. The van der Waals surface area contributed by atoms with Gasteiger partial charge in [-0.15, -0.1) is 0 Å². The maximum Gasteiger partial charge on any atom is 0.134 e. The highest BCUT2D eigenvalue weighted by molar-refractivity contribution is 5.95. The van der Waals surface area contributed by atoms with Gasteiger partial charge in [-0.1, -0.05) is 60.7 Å². The number of furan rings is 1. The summed E-state index contributed by atoms with van der Waals surface area (Å²) >= 11 is 0. The third-order valence-electron chi connectivity index (χ3n) is 4.03. The molecular formula is C21H16O2. The molecule has 0 aliphatic heterocycles. The quantitative estimate of drug-likeness (QED) is 0.550. The van der Waals surface area contributed by atoms with E-state index in [1.165, 1.54) is 5.56 Å². The molecule has 0 aliphatic rings. The molecule has 2 heteroatoms. The first kappa shape index (κ1) is 13.6. The van der Waals surface area contributed by atoms with Crippen LogP contribution < -0.4 is 0 Å². The van der Waals surface area contributed by atoms with Crippen LogP contribution in [-0.4, -0.2) is 5.11 Å². The molecule has 2 nitrogen and oxygen atoms in total. The van der Waals surface area contributed by atoms with Crippen LogP contribution in [-0.2, 0) is 6.42 Å². The molecule has 0 saturated carbocycles. The van der Waals surface area contributed by atoms with Crippen LogP contribution in [0.15, 0.2) is 83.3 Å². The first-order valence-corrected chi connectivity index (χ1v) is 7.65. The summed E-state index contributed by atoms with van der Waals surface area (Å²) in [6.45, 7) is 0. The van der Waals surface area contributed by atoms with Gasteiger partial charge in [-0.3, -0.25) is 0 Å². The van der Waals surface area contributed by atoms with Crippen LogP contribution in [0.25, 0.3) is 22.1 Å². The molecule has 4 rings (SSSR count). The minimum atomic E-state index is 0.270.